The molecule has 0 aliphatic heterocycles. The SMILES string of the molecule is O=Cc1ccc(F)c(-c2ccc(C(F)(F)F)cc2)n1. The third-order valence-electron chi connectivity index (χ3n) is 2.47. The Bertz CT molecular complexity index is 605. The van der Waals surface area contributed by atoms with E-state index in [0.29, 0.717) is 6.29 Å². The highest BCUT2D eigenvalue weighted by Gasteiger charge is 2.30. The molecule has 0 spiro atoms. The van der Waals surface area contributed by atoms with Crippen LogP contribution in [0.15, 0.2) is 36.4 Å². The van der Waals surface area contributed by atoms with Crippen LogP contribution in [0.1, 0.15) is 16.1 Å². The molecule has 0 unspecified atom stereocenters. The molecule has 1 aromatic carbocycles. The molecule has 0 N–H and O–H groups in total. The third-order valence-corrected chi connectivity index (χ3v) is 2.47. The van der Waals surface area contributed by atoms with Crippen molar-refractivity contribution in [3.63, 3.8) is 0 Å². The molecule has 0 aliphatic rings. The summed E-state index contributed by atoms with van der Waals surface area (Å²) in [6.45, 7) is 0. The van der Waals surface area contributed by atoms with Crippen molar-refractivity contribution in [1.82, 2.24) is 4.98 Å². The molecule has 98 valence electrons. The van der Waals surface area contributed by atoms with Crippen LogP contribution in [-0.2, 0) is 6.18 Å². The maximum atomic E-state index is 13.5. The lowest BCUT2D eigenvalue weighted by molar-refractivity contribution is -0.137. The molecule has 2 nitrogen and oxygen atoms in total. The van der Waals surface area contributed by atoms with Gasteiger partial charge in [-0.2, -0.15) is 13.2 Å². The van der Waals surface area contributed by atoms with Crippen LogP contribution in [0.4, 0.5) is 17.6 Å². The van der Waals surface area contributed by atoms with E-state index in [0.717, 1.165) is 30.3 Å². The van der Waals surface area contributed by atoms with Crippen molar-refractivity contribution in [1.29, 1.82) is 0 Å². The van der Waals surface area contributed by atoms with Crippen LogP contribution in [0.25, 0.3) is 11.3 Å². The number of hydrogen-bond donors (Lipinski definition) is 0. The van der Waals surface area contributed by atoms with Crippen molar-refractivity contribution in [2.45, 2.75) is 6.18 Å². The highest BCUT2D eigenvalue weighted by atomic mass is 19.4. The molecule has 0 saturated heterocycles. The normalized spacial score (nSPS) is 11.4. The zero-order chi connectivity index (χ0) is 14.0. The number of halogens is 4. The fraction of sp³-hybridized carbons (Fsp3) is 0.0769. The lowest BCUT2D eigenvalue weighted by Crippen LogP contribution is -2.04. The van der Waals surface area contributed by atoms with Crippen LogP contribution in [-0.4, -0.2) is 11.3 Å². The summed E-state index contributed by atoms with van der Waals surface area (Å²) < 4.78 is 50.7. The van der Waals surface area contributed by atoms with E-state index < -0.39 is 17.6 Å². The van der Waals surface area contributed by atoms with Crippen LogP contribution in [0, 0.1) is 5.82 Å². The first-order valence-corrected chi connectivity index (χ1v) is 5.21. The van der Waals surface area contributed by atoms with Crippen LogP contribution in [0.3, 0.4) is 0 Å². The van der Waals surface area contributed by atoms with Gasteiger partial charge in [-0.05, 0) is 24.3 Å². The fourth-order valence-electron chi connectivity index (χ4n) is 1.54. The summed E-state index contributed by atoms with van der Waals surface area (Å²) >= 11 is 0. The first-order valence-electron chi connectivity index (χ1n) is 5.21. The van der Waals surface area contributed by atoms with Gasteiger partial charge in [0.05, 0.1) is 5.56 Å². The molecule has 1 aromatic heterocycles. The number of aromatic nitrogens is 1. The van der Waals surface area contributed by atoms with Gasteiger partial charge in [-0.1, -0.05) is 12.1 Å². The number of rotatable bonds is 2. The molecule has 2 aromatic rings. The summed E-state index contributed by atoms with van der Waals surface area (Å²) in [6, 6.07) is 6.14. The Hall–Kier alpha value is -2.24. The average molecular weight is 269 g/mol. The summed E-state index contributed by atoms with van der Waals surface area (Å²) in [5, 5.41) is 0. The number of benzene rings is 1. The van der Waals surface area contributed by atoms with Gasteiger partial charge < -0.3 is 0 Å². The summed E-state index contributed by atoms with van der Waals surface area (Å²) in [5.74, 6) is -0.703. The van der Waals surface area contributed by atoms with Gasteiger partial charge in [0.15, 0.2) is 6.29 Å². The van der Waals surface area contributed by atoms with Gasteiger partial charge in [0.25, 0.3) is 0 Å². The molecule has 0 atom stereocenters. The van der Waals surface area contributed by atoms with Crippen LogP contribution >= 0.6 is 0 Å². The van der Waals surface area contributed by atoms with E-state index in [2.05, 4.69) is 4.98 Å². The largest absolute Gasteiger partial charge is 0.416 e. The molecule has 1 heterocycles. The molecule has 2 rings (SSSR count). The van der Waals surface area contributed by atoms with E-state index in [9.17, 15) is 22.4 Å². The van der Waals surface area contributed by atoms with Gasteiger partial charge in [-0.25, -0.2) is 9.37 Å². The number of carbonyl (C=O) groups excluding carboxylic acids is 1. The minimum atomic E-state index is -4.45. The van der Waals surface area contributed by atoms with Crippen molar-refractivity contribution in [2.75, 3.05) is 0 Å². The Morgan fingerprint density at radius 2 is 1.63 bits per heavy atom. The zero-order valence-corrected chi connectivity index (χ0v) is 9.41. The van der Waals surface area contributed by atoms with E-state index in [-0.39, 0.29) is 17.0 Å². The third kappa shape index (κ3) is 2.78. The molecule has 6 heteroatoms. The summed E-state index contributed by atoms with van der Waals surface area (Å²) in [6.07, 6.45) is -4.01. The van der Waals surface area contributed by atoms with Crippen molar-refractivity contribution in [3.8, 4) is 11.3 Å². The molecule has 0 bridgehead atoms. The predicted octanol–water partition coefficient (Wildman–Crippen LogP) is 3.72. The Kier molecular flexibility index (Phi) is 3.33. The van der Waals surface area contributed by atoms with Crippen molar-refractivity contribution in [2.24, 2.45) is 0 Å². The van der Waals surface area contributed by atoms with Crippen LogP contribution in [0.2, 0.25) is 0 Å². The van der Waals surface area contributed by atoms with Gasteiger partial charge >= 0.3 is 6.18 Å². The smallest absolute Gasteiger partial charge is 0.296 e. The highest BCUT2D eigenvalue weighted by Crippen LogP contribution is 2.31. The predicted molar refractivity (Wildman–Crippen MR) is 60.0 cm³/mol. The summed E-state index contributed by atoms with van der Waals surface area (Å²) in [4.78, 5) is 14.3. The minimum absolute atomic E-state index is 0.0105. The summed E-state index contributed by atoms with van der Waals surface area (Å²) in [7, 11) is 0. The van der Waals surface area contributed by atoms with Gasteiger partial charge in [0.1, 0.15) is 17.2 Å². The lowest BCUT2D eigenvalue weighted by atomic mass is 10.1. The van der Waals surface area contributed by atoms with Gasteiger partial charge in [0, 0.05) is 5.56 Å². The monoisotopic (exact) mass is 269 g/mol. The Morgan fingerprint density at radius 3 is 2.16 bits per heavy atom. The standard InChI is InChI=1S/C13H7F4NO/c14-11-6-5-10(7-19)18-12(11)8-1-3-9(4-2-8)13(15,16)17/h1-7H. The average Bonchev–Trinajstić information content (AvgIpc) is 2.38. The van der Waals surface area contributed by atoms with Gasteiger partial charge in [0.2, 0.25) is 0 Å². The van der Waals surface area contributed by atoms with E-state index in [1.807, 2.05) is 0 Å². The number of pyridine rings is 1. The molecule has 0 amide bonds. The highest BCUT2D eigenvalue weighted by molar-refractivity contribution is 5.74. The van der Waals surface area contributed by atoms with E-state index in [1.165, 1.54) is 6.07 Å². The maximum absolute atomic E-state index is 13.5. The maximum Gasteiger partial charge on any atom is 0.416 e. The first kappa shape index (κ1) is 13.2. The van der Waals surface area contributed by atoms with Gasteiger partial charge in [-0.3, -0.25) is 4.79 Å². The second-order valence-electron chi connectivity index (χ2n) is 3.76. The lowest BCUT2D eigenvalue weighted by Gasteiger charge is -2.08. The minimum Gasteiger partial charge on any atom is -0.296 e. The second-order valence-corrected chi connectivity index (χ2v) is 3.76. The van der Waals surface area contributed by atoms with Crippen LogP contribution < -0.4 is 0 Å². The number of alkyl halides is 3. The van der Waals surface area contributed by atoms with E-state index >= 15 is 0 Å². The molecule has 0 fully saturated rings. The zero-order valence-electron chi connectivity index (χ0n) is 9.41. The molecular weight excluding hydrogens is 262 g/mol. The Labute approximate surface area is 105 Å². The first-order chi connectivity index (χ1) is 8.91. The van der Waals surface area contributed by atoms with E-state index in [1.54, 1.807) is 0 Å². The van der Waals surface area contributed by atoms with Crippen molar-refractivity contribution >= 4 is 6.29 Å². The van der Waals surface area contributed by atoms with Gasteiger partial charge in [-0.15, -0.1) is 0 Å². The molecule has 0 aliphatic carbocycles. The Morgan fingerprint density at radius 1 is 1.00 bits per heavy atom. The number of carbonyl (C=O) groups is 1. The second kappa shape index (κ2) is 4.79. The summed E-state index contributed by atoms with van der Waals surface area (Å²) in [5.41, 5.74) is -0.799. The number of nitrogens with zero attached hydrogens (tertiary/aromatic N) is 1. The molecule has 0 saturated carbocycles. The number of hydrogen-bond acceptors (Lipinski definition) is 2. The number of aldehydes is 1. The van der Waals surface area contributed by atoms with Crippen LogP contribution in [0.5, 0.6) is 0 Å². The van der Waals surface area contributed by atoms with Crippen molar-refractivity contribution in [3.05, 3.63) is 53.5 Å². The molecule has 19 heavy (non-hydrogen) atoms. The molecular formula is C13H7F4NO. The molecule has 0 radical (unpaired) electrons. The fourth-order valence-corrected chi connectivity index (χ4v) is 1.54. The topological polar surface area (TPSA) is 30.0 Å². The Balaban J connectivity index is 2.45. The van der Waals surface area contributed by atoms with E-state index in [4.69, 9.17) is 0 Å². The quantitative estimate of drug-likeness (QED) is 0.614. The van der Waals surface area contributed by atoms with Crippen molar-refractivity contribution < 1.29 is 22.4 Å².